The number of aromatic nitrogens is 2. The Kier molecular flexibility index (Phi) is 7.33. The normalized spacial score (nSPS) is 11.3. The van der Waals surface area contributed by atoms with Crippen molar-refractivity contribution >= 4 is 5.91 Å². The first-order valence-corrected chi connectivity index (χ1v) is 9.28. The molecule has 0 bridgehead atoms. The zero-order valence-electron chi connectivity index (χ0n) is 16.2. The van der Waals surface area contributed by atoms with E-state index >= 15 is 0 Å². The van der Waals surface area contributed by atoms with Crippen LogP contribution in [-0.2, 0) is 0 Å². The number of amides is 1. The molecule has 0 atom stereocenters. The number of carbonyl (C=O) groups is 1. The number of carbonyl (C=O) groups excluding carboxylic acids is 1. The van der Waals surface area contributed by atoms with Crippen molar-refractivity contribution in [2.75, 3.05) is 32.7 Å². The van der Waals surface area contributed by atoms with Crippen molar-refractivity contribution in [2.24, 2.45) is 5.92 Å². The molecule has 0 unspecified atom stereocenters. The van der Waals surface area contributed by atoms with Gasteiger partial charge in [0.05, 0.1) is 0 Å². The Morgan fingerprint density at radius 1 is 1.15 bits per heavy atom. The van der Waals surface area contributed by atoms with E-state index in [1.807, 2.05) is 4.90 Å². The van der Waals surface area contributed by atoms with Crippen molar-refractivity contribution in [1.29, 1.82) is 0 Å². The summed E-state index contributed by atoms with van der Waals surface area (Å²) in [5, 5.41) is 4.31. The molecular weight excluding hydrogens is 331 g/mol. The van der Waals surface area contributed by atoms with Crippen molar-refractivity contribution in [1.82, 2.24) is 19.6 Å². The van der Waals surface area contributed by atoms with Gasteiger partial charge in [0.2, 0.25) is 0 Å². The highest BCUT2D eigenvalue weighted by Crippen LogP contribution is 2.13. The Hall–Kier alpha value is -2.21. The Balaban J connectivity index is 2.16. The number of benzene rings is 1. The van der Waals surface area contributed by atoms with Gasteiger partial charge in [0.1, 0.15) is 11.5 Å². The highest BCUT2D eigenvalue weighted by atomic mass is 19.1. The topological polar surface area (TPSA) is 41.4 Å². The van der Waals surface area contributed by atoms with Crippen LogP contribution in [0.3, 0.4) is 0 Å². The van der Waals surface area contributed by atoms with Gasteiger partial charge in [-0.1, -0.05) is 39.8 Å². The van der Waals surface area contributed by atoms with E-state index in [9.17, 15) is 9.18 Å². The molecule has 1 heterocycles. The van der Waals surface area contributed by atoms with Gasteiger partial charge >= 0.3 is 0 Å². The van der Waals surface area contributed by atoms with Crippen LogP contribution in [-0.4, -0.2) is 58.2 Å². The quantitative estimate of drug-likeness (QED) is 0.688. The molecule has 0 radical (unpaired) electrons. The van der Waals surface area contributed by atoms with Crippen LogP contribution >= 0.6 is 0 Å². The Morgan fingerprint density at radius 3 is 2.46 bits per heavy atom. The molecule has 0 saturated carbocycles. The number of para-hydroxylation sites is 1. The second-order valence-electron chi connectivity index (χ2n) is 6.77. The smallest absolute Gasteiger partial charge is 0.274 e. The monoisotopic (exact) mass is 360 g/mol. The van der Waals surface area contributed by atoms with Gasteiger partial charge in [-0.25, -0.2) is 9.07 Å². The summed E-state index contributed by atoms with van der Waals surface area (Å²) in [6.07, 6.45) is 1.63. The number of hydrogen-bond acceptors (Lipinski definition) is 3. The molecule has 26 heavy (non-hydrogen) atoms. The van der Waals surface area contributed by atoms with Crippen LogP contribution in [0, 0.1) is 11.7 Å². The van der Waals surface area contributed by atoms with E-state index in [4.69, 9.17) is 0 Å². The molecule has 0 aliphatic heterocycles. The molecule has 142 valence electrons. The lowest BCUT2D eigenvalue weighted by molar-refractivity contribution is 0.0710. The highest BCUT2D eigenvalue weighted by molar-refractivity contribution is 5.92. The third-order valence-corrected chi connectivity index (χ3v) is 4.36. The summed E-state index contributed by atoms with van der Waals surface area (Å²) in [7, 11) is 0. The molecule has 1 aromatic heterocycles. The van der Waals surface area contributed by atoms with E-state index in [2.05, 4.69) is 37.7 Å². The van der Waals surface area contributed by atoms with Crippen molar-refractivity contribution in [3.05, 3.63) is 48.0 Å². The zero-order valence-corrected chi connectivity index (χ0v) is 16.2. The minimum Gasteiger partial charge on any atom is -0.336 e. The molecule has 0 aliphatic carbocycles. The van der Waals surface area contributed by atoms with Gasteiger partial charge in [-0.2, -0.15) is 5.10 Å². The highest BCUT2D eigenvalue weighted by Gasteiger charge is 2.20. The summed E-state index contributed by atoms with van der Waals surface area (Å²) in [5.74, 6) is -0.111. The van der Waals surface area contributed by atoms with Crippen LogP contribution in [0.25, 0.3) is 5.69 Å². The largest absolute Gasteiger partial charge is 0.336 e. The van der Waals surface area contributed by atoms with E-state index in [0.717, 1.165) is 19.6 Å². The number of likely N-dealkylation sites (N-methyl/N-ethyl adjacent to an activating group) is 1. The van der Waals surface area contributed by atoms with E-state index in [0.29, 0.717) is 30.4 Å². The summed E-state index contributed by atoms with van der Waals surface area (Å²) in [6, 6.07) is 8.05. The molecule has 1 aromatic carbocycles. The first-order valence-electron chi connectivity index (χ1n) is 9.28. The molecule has 0 saturated heterocycles. The van der Waals surface area contributed by atoms with E-state index in [1.165, 1.54) is 10.7 Å². The van der Waals surface area contributed by atoms with E-state index < -0.39 is 0 Å². The minimum absolute atomic E-state index is 0.110. The third kappa shape index (κ3) is 5.14. The van der Waals surface area contributed by atoms with Crippen LogP contribution in [0.15, 0.2) is 36.5 Å². The van der Waals surface area contributed by atoms with Crippen molar-refractivity contribution in [2.45, 2.75) is 27.7 Å². The number of halogens is 1. The van der Waals surface area contributed by atoms with E-state index in [1.54, 1.807) is 30.5 Å². The molecule has 2 rings (SSSR count). The average Bonchev–Trinajstić information content (AvgIpc) is 3.10. The third-order valence-electron chi connectivity index (χ3n) is 4.36. The fraction of sp³-hybridized carbons (Fsp3) is 0.500. The molecule has 0 N–H and O–H groups in total. The second-order valence-corrected chi connectivity index (χ2v) is 6.77. The predicted octanol–water partition coefficient (Wildman–Crippen LogP) is 3.45. The van der Waals surface area contributed by atoms with Crippen LogP contribution in [0.5, 0.6) is 0 Å². The number of nitrogens with zero attached hydrogens (tertiary/aromatic N) is 4. The van der Waals surface area contributed by atoms with Crippen molar-refractivity contribution in [3.8, 4) is 5.69 Å². The summed E-state index contributed by atoms with van der Waals surface area (Å²) in [5.41, 5.74) is 0.679. The molecule has 0 aliphatic rings. The lowest BCUT2D eigenvalue weighted by Gasteiger charge is -2.27. The summed E-state index contributed by atoms with van der Waals surface area (Å²) < 4.78 is 15.4. The Bertz CT molecular complexity index is 709. The van der Waals surface area contributed by atoms with Crippen LogP contribution in [0.4, 0.5) is 4.39 Å². The molecule has 6 heteroatoms. The summed E-state index contributed by atoms with van der Waals surface area (Å²) >= 11 is 0. The Morgan fingerprint density at radius 2 is 1.85 bits per heavy atom. The lowest BCUT2D eigenvalue weighted by Crippen LogP contribution is -2.40. The van der Waals surface area contributed by atoms with Crippen molar-refractivity contribution < 1.29 is 9.18 Å². The van der Waals surface area contributed by atoms with Crippen LogP contribution in [0.2, 0.25) is 0 Å². The first-order chi connectivity index (χ1) is 12.5. The maximum absolute atomic E-state index is 13.9. The van der Waals surface area contributed by atoms with Crippen molar-refractivity contribution in [3.63, 3.8) is 0 Å². The van der Waals surface area contributed by atoms with Gasteiger partial charge in [-0.3, -0.25) is 4.79 Å². The van der Waals surface area contributed by atoms with E-state index in [-0.39, 0.29) is 11.7 Å². The molecule has 1 amide bonds. The maximum Gasteiger partial charge on any atom is 0.274 e. The van der Waals surface area contributed by atoms with Gasteiger partial charge in [0.25, 0.3) is 5.91 Å². The van der Waals surface area contributed by atoms with Gasteiger partial charge in [-0.05, 0) is 37.2 Å². The summed E-state index contributed by atoms with van der Waals surface area (Å²) in [4.78, 5) is 17.1. The van der Waals surface area contributed by atoms with Gasteiger partial charge in [0.15, 0.2) is 5.69 Å². The Labute approximate surface area is 155 Å². The minimum atomic E-state index is -0.366. The fourth-order valence-corrected chi connectivity index (χ4v) is 2.89. The predicted molar refractivity (Wildman–Crippen MR) is 102 cm³/mol. The standard InChI is InChI=1S/C20H29FN4O/c1-5-23(6-2)13-14-24(15-16(3)4)20(26)18-11-12-25(22-18)19-10-8-7-9-17(19)21/h7-12,16H,5-6,13-15H2,1-4H3. The molecular formula is C20H29FN4O. The first kappa shape index (κ1) is 20.1. The molecule has 0 spiro atoms. The second kappa shape index (κ2) is 9.48. The molecule has 2 aromatic rings. The average molecular weight is 360 g/mol. The summed E-state index contributed by atoms with van der Waals surface area (Å²) in [6.45, 7) is 12.5. The van der Waals surface area contributed by atoms with Crippen LogP contribution in [0.1, 0.15) is 38.2 Å². The number of hydrogen-bond donors (Lipinski definition) is 0. The van der Waals surface area contributed by atoms with Crippen LogP contribution < -0.4 is 0 Å². The number of rotatable bonds is 9. The van der Waals surface area contributed by atoms with Gasteiger partial charge in [0, 0.05) is 25.8 Å². The molecule has 5 nitrogen and oxygen atoms in total. The van der Waals surface area contributed by atoms with Gasteiger partial charge < -0.3 is 9.80 Å². The maximum atomic E-state index is 13.9. The zero-order chi connectivity index (χ0) is 19.1. The van der Waals surface area contributed by atoms with Gasteiger partial charge in [-0.15, -0.1) is 0 Å². The SMILES string of the molecule is CCN(CC)CCN(CC(C)C)C(=O)c1ccn(-c2ccccc2F)n1. The fourth-order valence-electron chi connectivity index (χ4n) is 2.89. The lowest BCUT2D eigenvalue weighted by atomic mass is 10.2. The molecule has 0 fully saturated rings.